The van der Waals surface area contributed by atoms with Crippen molar-refractivity contribution in [1.29, 1.82) is 0 Å². The van der Waals surface area contributed by atoms with Crippen molar-refractivity contribution in [2.45, 2.75) is 32.6 Å². The van der Waals surface area contributed by atoms with Crippen molar-refractivity contribution in [3.63, 3.8) is 0 Å². The van der Waals surface area contributed by atoms with Crippen molar-refractivity contribution in [3.8, 4) is 0 Å². The van der Waals surface area contributed by atoms with Gasteiger partial charge in [0, 0.05) is 31.0 Å². The molecule has 0 bridgehead atoms. The van der Waals surface area contributed by atoms with Gasteiger partial charge in [-0.15, -0.1) is 6.58 Å². The lowest BCUT2D eigenvalue weighted by Gasteiger charge is -2.21. The standard InChI is InChI=1S/C15H22N4O2/c1-9(2)6-10(3)14(21)19-5-4-11(8-19)12-7-13(20)18-15(16)17-12/h7,10-11H,1,4-6,8H2,2-3H3,(H3,16,17,18,20). The summed E-state index contributed by atoms with van der Waals surface area (Å²) in [4.78, 5) is 32.3. The number of amides is 1. The van der Waals surface area contributed by atoms with Crippen LogP contribution in [-0.4, -0.2) is 33.9 Å². The molecule has 1 aliphatic heterocycles. The number of carbonyl (C=O) groups is 1. The monoisotopic (exact) mass is 290 g/mol. The van der Waals surface area contributed by atoms with Crippen molar-refractivity contribution in [2.75, 3.05) is 18.8 Å². The fraction of sp³-hybridized carbons (Fsp3) is 0.533. The molecule has 114 valence electrons. The van der Waals surface area contributed by atoms with Crippen molar-refractivity contribution >= 4 is 11.9 Å². The Labute approximate surface area is 124 Å². The maximum Gasteiger partial charge on any atom is 0.252 e. The lowest BCUT2D eigenvalue weighted by atomic mass is 10.0. The largest absolute Gasteiger partial charge is 0.369 e. The first kappa shape index (κ1) is 15.3. The molecule has 2 rings (SSSR count). The molecule has 1 saturated heterocycles. The number of nitrogen functional groups attached to an aromatic ring is 1. The molecule has 2 atom stereocenters. The van der Waals surface area contributed by atoms with Crippen LogP contribution in [0.1, 0.15) is 38.3 Å². The van der Waals surface area contributed by atoms with E-state index >= 15 is 0 Å². The van der Waals surface area contributed by atoms with Crippen LogP contribution in [0.2, 0.25) is 0 Å². The van der Waals surface area contributed by atoms with Gasteiger partial charge in [0.15, 0.2) is 0 Å². The van der Waals surface area contributed by atoms with Gasteiger partial charge in [0.05, 0.1) is 5.69 Å². The van der Waals surface area contributed by atoms with E-state index in [-0.39, 0.29) is 29.3 Å². The number of hydrogen-bond donors (Lipinski definition) is 2. The van der Waals surface area contributed by atoms with E-state index in [1.54, 1.807) is 0 Å². The number of rotatable bonds is 4. The third-order valence-corrected chi connectivity index (χ3v) is 3.77. The summed E-state index contributed by atoms with van der Waals surface area (Å²) in [6.45, 7) is 8.99. The quantitative estimate of drug-likeness (QED) is 0.817. The van der Waals surface area contributed by atoms with Crippen LogP contribution in [0.4, 0.5) is 5.95 Å². The van der Waals surface area contributed by atoms with E-state index in [1.807, 2.05) is 18.7 Å². The predicted molar refractivity (Wildman–Crippen MR) is 81.8 cm³/mol. The van der Waals surface area contributed by atoms with Crippen LogP contribution in [0.5, 0.6) is 0 Å². The van der Waals surface area contributed by atoms with E-state index in [9.17, 15) is 9.59 Å². The van der Waals surface area contributed by atoms with Crippen molar-refractivity contribution in [1.82, 2.24) is 14.9 Å². The lowest BCUT2D eigenvalue weighted by molar-refractivity contribution is -0.133. The maximum absolute atomic E-state index is 12.4. The zero-order valence-electron chi connectivity index (χ0n) is 12.6. The Morgan fingerprint density at radius 1 is 1.67 bits per heavy atom. The molecule has 1 aromatic heterocycles. The summed E-state index contributed by atoms with van der Waals surface area (Å²) in [6, 6.07) is 1.46. The van der Waals surface area contributed by atoms with Gasteiger partial charge < -0.3 is 10.6 Å². The molecule has 0 radical (unpaired) electrons. The second-order valence-corrected chi connectivity index (χ2v) is 5.89. The number of nitrogens with zero attached hydrogens (tertiary/aromatic N) is 2. The summed E-state index contributed by atoms with van der Waals surface area (Å²) in [5, 5.41) is 0. The van der Waals surface area contributed by atoms with Gasteiger partial charge in [-0.3, -0.25) is 14.6 Å². The topological polar surface area (TPSA) is 92.1 Å². The van der Waals surface area contributed by atoms with Gasteiger partial charge in [-0.25, -0.2) is 4.98 Å². The van der Waals surface area contributed by atoms with Crippen molar-refractivity contribution in [3.05, 3.63) is 34.3 Å². The number of carbonyl (C=O) groups excluding carboxylic acids is 1. The Balaban J connectivity index is 2.04. The van der Waals surface area contributed by atoms with E-state index in [2.05, 4.69) is 16.5 Å². The number of anilines is 1. The summed E-state index contributed by atoms with van der Waals surface area (Å²) >= 11 is 0. The zero-order chi connectivity index (χ0) is 15.6. The molecule has 6 heteroatoms. The van der Waals surface area contributed by atoms with E-state index in [4.69, 9.17) is 5.73 Å². The molecule has 6 nitrogen and oxygen atoms in total. The first-order chi connectivity index (χ1) is 9.86. The fourth-order valence-electron chi connectivity index (χ4n) is 2.83. The summed E-state index contributed by atoms with van der Waals surface area (Å²) < 4.78 is 0. The fourth-order valence-corrected chi connectivity index (χ4v) is 2.83. The second kappa shape index (κ2) is 6.11. The number of aromatic amines is 1. The zero-order valence-corrected chi connectivity index (χ0v) is 12.6. The van der Waals surface area contributed by atoms with Gasteiger partial charge in [-0.1, -0.05) is 12.5 Å². The highest BCUT2D eigenvalue weighted by Crippen LogP contribution is 2.27. The number of likely N-dealkylation sites (tertiary alicyclic amines) is 1. The molecular weight excluding hydrogens is 268 g/mol. The predicted octanol–water partition coefficient (Wildman–Crippen LogP) is 1.27. The first-order valence-electron chi connectivity index (χ1n) is 7.16. The van der Waals surface area contributed by atoms with Crippen LogP contribution in [0.25, 0.3) is 0 Å². The van der Waals surface area contributed by atoms with Crippen molar-refractivity contribution in [2.24, 2.45) is 5.92 Å². The molecule has 0 saturated carbocycles. The Morgan fingerprint density at radius 3 is 3.00 bits per heavy atom. The molecule has 1 fully saturated rings. The molecule has 0 spiro atoms. The normalized spacial score (nSPS) is 19.5. The van der Waals surface area contributed by atoms with Gasteiger partial charge in [0.25, 0.3) is 5.56 Å². The highest BCUT2D eigenvalue weighted by molar-refractivity contribution is 5.79. The lowest BCUT2D eigenvalue weighted by Crippen LogP contribution is -2.33. The van der Waals surface area contributed by atoms with Crippen LogP contribution in [0, 0.1) is 5.92 Å². The van der Waals surface area contributed by atoms with Gasteiger partial charge in [-0.05, 0) is 19.8 Å². The van der Waals surface area contributed by atoms with Gasteiger partial charge >= 0.3 is 0 Å². The van der Waals surface area contributed by atoms with E-state index in [1.165, 1.54) is 6.07 Å². The van der Waals surface area contributed by atoms with E-state index < -0.39 is 0 Å². The molecule has 2 heterocycles. The van der Waals surface area contributed by atoms with Crippen LogP contribution in [0.3, 0.4) is 0 Å². The number of aromatic nitrogens is 2. The van der Waals surface area contributed by atoms with Gasteiger partial charge in [0.2, 0.25) is 11.9 Å². The molecule has 0 aliphatic carbocycles. The van der Waals surface area contributed by atoms with E-state index in [0.29, 0.717) is 25.2 Å². The minimum Gasteiger partial charge on any atom is -0.369 e. The third-order valence-electron chi connectivity index (χ3n) is 3.77. The van der Waals surface area contributed by atoms with Crippen molar-refractivity contribution < 1.29 is 4.79 Å². The minimum absolute atomic E-state index is 0.0570. The highest BCUT2D eigenvalue weighted by Gasteiger charge is 2.30. The smallest absolute Gasteiger partial charge is 0.252 e. The summed E-state index contributed by atoms with van der Waals surface area (Å²) in [5.74, 6) is 0.283. The maximum atomic E-state index is 12.4. The summed E-state index contributed by atoms with van der Waals surface area (Å²) in [5.41, 5.74) is 6.99. The third kappa shape index (κ3) is 3.71. The summed E-state index contributed by atoms with van der Waals surface area (Å²) in [7, 11) is 0. The molecule has 21 heavy (non-hydrogen) atoms. The van der Waals surface area contributed by atoms with Crippen LogP contribution >= 0.6 is 0 Å². The molecule has 2 unspecified atom stereocenters. The second-order valence-electron chi connectivity index (χ2n) is 5.89. The van der Waals surface area contributed by atoms with E-state index in [0.717, 1.165) is 12.0 Å². The molecular formula is C15H22N4O2. The Hall–Kier alpha value is -2.11. The Kier molecular flexibility index (Phi) is 4.45. The number of nitrogens with one attached hydrogen (secondary N) is 1. The molecule has 1 amide bonds. The van der Waals surface area contributed by atoms with Crippen LogP contribution in [-0.2, 0) is 4.79 Å². The molecule has 0 aromatic carbocycles. The van der Waals surface area contributed by atoms with Gasteiger partial charge in [0.1, 0.15) is 0 Å². The number of nitrogens with two attached hydrogens (primary N) is 1. The van der Waals surface area contributed by atoms with Gasteiger partial charge in [-0.2, -0.15) is 0 Å². The Bertz CT molecular complexity index is 608. The Morgan fingerprint density at radius 2 is 2.38 bits per heavy atom. The summed E-state index contributed by atoms with van der Waals surface area (Å²) in [6.07, 6.45) is 1.51. The molecule has 3 N–H and O–H groups in total. The number of hydrogen-bond acceptors (Lipinski definition) is 4. The minimum atomic E-state index is -0.252. The first-order valence-corrected chi connectivity index (χ1v) is 7.16. The van der Waals surface area contributed by atoms with Crippen LogP contribution < -0.4 is 11.3 Å². The average Bonchev–Trinajstić information content (AvgIpc) is 2.85. The number of H-pyrrole nitrogens is 1. The SMILES string of the molecule is C=C(C)CC(C)C(=O)N1CCC(c2cc(=O)[nH]c(N)n2)C1. The molecule has 1 aliphatic rings. The molecule has 1 aromatic rings. The van der Waals surface area contributed by atoms with Crippen LogP contribution in [0.15, 0.2) is 23.0 Å². The highest BCUT2D eigenvalue weighted by atomic mass is 16.2. The average molecular weight is 290 g/mol. The number of allylic oxidation sites excluding steroid dienone is 1.